The lowest BCUT2D eigenvalue weighted by molar-refractivity contribution is -0.129. The number of alkyl carbamates (subject to hydrolysis) is 1. The standard InChI is InChI=1S/C18H24N2O3/c1-2-23-17(22)19-11-16(21)20-12-15(14-7-4-3-5-8-14)18(13-20)9-6-10-18/h3-5,7-8,15H,2,6,9-13H2,1H3,(H,19,22). The number of likely N-dealkylation sites (tertiary alicyclic amines) is 1. The van der Waals surface area contributed by atoms with Gasteiger partial charge in [-0.15, -0.1) is 0 Å². The molecule has 1 heterocycles. The average molecular weight is 316 g/mol. The van der Waals surface area contributed by atoms with E-state index >= 15 is 0 Å². The van der Waals surface area contributed by atoms with Crippen LogP contribution >= 0.6 is 0 Å². The molecule has 0 radical (unpaired) electrons. The van der Waals surface area contributed by atoms with Crippen LogP contribution in [0.5, 0.6) is 0 Å². The largest absolute Gasteiger partial charge is 0.450 e. The third-order valence-corrected chi connectivity index (χ3v) is 5.21. The minimum absolute atomic E-state index is 0.0103. The Balaban J connectivity index is 1.64. The number of amides is 2. The second kappa shape index (κ2) is 6.60. The molecule has 23 heavy (non-hydrogen) atoms. The number of nitrogens with zero attached hydrogens (tertiary/aromatic N) is 1. The maximum atomic E-state index is 12.4. The van der Waals surface area contributed by atoms with Gasteiger partial charge in [-0.25, -0.2) is 4.79 Å². The molecule has 124 valence electrons. The first kappa shape index (κ1) is 15.8. The molecule has 2 fully saturated rings. The molecule has 1 N–H and O–H groups in total. The Hall–Kier alpha value is -2.04. The molecular formula is C18H24N2O3. The topological polar surface area (TPSA) is 58.6 Å². The van der Waals surface area contributed by atoms with Gasteiger partial charge in [0.25, 0.3) is 0 Å². The molecule has 1 aliphatic heterocycles. The van der Waals surface area contributed by atoms with Crippen LogP contribution in [0.4, 0.5) is 4.79 Å². The Morgan fingerprint density at radius 2 is 2.04 bits per heavy atom. The fourth-order valence-corrected chi connectivity index (χ4v) is 3.88. The van der Waals surface area contributed by atoms with Gasteiger partial charge in [-0.05, 0) is 30.7 Å². The van der Waals surface area contributed by atoms with E-state index in [9.17, 15) is 9.59 Å². The predicted molar refractivity (Wildman–Crippen MR) is 87.1 cm³/mol. The van der Waals surface area contributed by atoms with E-state index in [-0.39, 0.29) is 17.9 Å². The van der Waals surface area contributed by atoms with Crippen molar-refractivity contribution < 1.29 is 14.3 Å². The molecule has 1 saturated heterocycles. The quantitative estimate of drug-likeness (QED) is 0.928. The third-order valence-electron chi connectivity index (χ3n) is 5.21. The SMILES string of the molecule is CCOC(=O)NCC(=O)N1CC(c2ccccc2)C2(CCC2)C1. The molecule has 1 unspecified atom stereocenters. The Morgan fingerprint density at radius 1 is 1.30 bits per heavy atom. The van der Waals surface area contributed by atoms with E-state index in [4.69, 9.17) is 4.74 Å². The normalized spacial score (nSPS) is 21.8. The monoisotopic (exact) mass is 316 g/mol. The first-order valence-corrected chi connectivity index (χ1v) is 8.38. The molecule has 1 spiro atoms. The maximum absolute atomic E-state index is 12.4. The molecular weight excluding hydrogens is 292 g/mol. The zero-order valence-electron chi connectivity index (χ0n) is 13.6. The molecule has 1 aromatic carbocycles. The van der Waals surface area contributed by atoms with Crippen molar-refractivity contribution in [3.63, 3.8) is 0 Å². The molecule has 1 atom stereocenters. The predicted octanol–water partition coefficient (Wildman–Crippen LogP) is 2.53. The van der Waals surface area contributed by atoms with Gasteiger partial charge in [0.2, 0.25) is 5.91 Å². The van der Waals surface area contributed by atoms with Crippen molar-refractivity contribution in [1.82, 2.24) is 10.2 Å². The minimum atomic E-state index is -0.530. The van der Waals surface area contributed by atoms with Gasteiger partial charge in [0.05, 0.1) is 6.61 Å². The highest BCUT2D eigenvalue weighted by atomic mass is 16.5. The zero-order chi connectivity index (χ0) is 16.3. The van der Waals surface area contributed by atoms with Gasteiger partial charge in [0.1, 0.15) is 6.54 Å². The average Bonchev–Trinajstić information content (AvgIpc) is 2.95. The van der Waals surface area contributed by atoms with Gasteiger partial charge in [0.15, 0.2) is 0 Å². The summed E-state index contributed by atoms with van der Waals surface area (Å²) in [7, 11) is 0. The maximum Gasteiger partial charge on any atom is 0.407 e. The first-order chi connectivity index (χ1) is 11.1. The number of nitrogens with one attached hydrogen (secondary N) is 1. The van der Waals surface area contributed by atoms with Crippen LogP contribution in [0, 0.1) is 5.41 Å². The number of hydrogen-bond acceptors (Lipinski definition) is 3. The van der Waals surface area contributed by atoms with Crippen molar-refractivity contribution in [2.75, 3.05) is 26.2 Å². The molecule has 0 aromatic heterocycles. The molecule has 5 heteroatoms. The molecule has 0 bridgehead atoms. The van der Waals surface area contributed by atoms with Crippen LogP contribution in [0.2, 0.25) is 0 Å². The highest BCUT2D eigenvalue weighted by Gasteiger charge is 2.51. The van der Waals surface area contributed by atoms with Gasteiger partial charge >= 0.3 is 6.09 Å². The van der Waals surface area contributed by atoms with Crippen molar-refractivity contribution in [1.29, 1.82) is 0 Å². The van der Waals surface area contributed by atoms with Crippen LogP contribution in [0.15, 0.2) is 30.3 Å². The molecule has 1 aliphatic carbocycles. The second-order valence-electron chi connectivity index (χ2n) is 6.53. The van der Waals surface area contributed by atoms with E-state index in [0.29, 0.717) is 12.5 Å². The summed E-state index contributed by atoms with van der Waals surface area (Å²) in [6, 6.07) is 10.5. The van der Waals surface area contributed by atoms with Crippen molar-refractivity contribution in [3.05, 3.63) is 35.9 Å². The van der Waals surface area contributed by atoms with Gasteiger partial charge in [-0.2, -0.15) is 0 Å². The van der Waals surface area contributed by atoms with Crippen LogP contribution < -0.4 is 5.32 Å². The van der Waals surface area contributed by atoms with Crippen LogP contribution in [-0.4, -0.2) is 43.1 Å². The Labute approximate surface area is 137 Å². The van der Waals surface area contributed by atoms with Gasteiger partial charge in [-0.3, -0.25) is 4.79 Å². The van der Waals surface area contributed by atoms with Crippen LogP contribution in [0.3, 0.4) is 0 Å². The first-order valence-electron chi connectivity index (χ1n) is 8.38. The Morgan fingerprint density at radius 3 is 2.65 bits per heavy atom. The highest BCUT2D eigenvalue weighted by Crippen LogP contribution is 2.55. The smallest absolute Gasteiger partial charge is 0.407 e. The zero-order valence-corrected chi connectivity index (χ0v) is 13.6. The minimum Gasteiger partial charge on any atom is -0.450 e. The van der Waals surface area contributed by atoms with Crippen LogP contribution in [-0.2, 0) is 9.53 Å². The van der Waals surface area contributed by atoms with Crippen molar-refractivity contribution in [2.45, 2.75) is 32.1 Å². The van der Waals surface area contributed by atoms with Crippen molar-refractivity contribution >= 4 is 12.0 Å². The summed E-state index contributed by atoms with van der Waals surface area (Å²) >= 11 is 0. The van der Waals surface area contributed by atoms with E-state index in [2.05, 4.69) is 29.6 Å². The summed E-state index contributed by atoms with van der Waals surface area (Å²) in [5, 5.41) is 2.53. The fraction of sp³-hybridized carbons (Fsp3) is 0.556. The molecule has 1 aromatic rings. The number of ether oxygens (including phenoxy) is 1. The van der Waals surface area contributed by atoms with Gasteiger partial charge < -0.3 is 15.0 Å². The number of benzene rings is 1. The number of carbonyl (C=O) groups excluding carboxylic acids is 2. The van der Waals surface area contributed by atoms with E-state index in [1.54, 1.807) is 6.92 Å². The molecule has 2 amide bonds. The molecule has 2 aliphatic rings. The summed E-state index contributed by atoms with van der Waals surface area (Å²) in [6.45, 7) is 3.61. The number of hydrogen-bond donors (Lipinski definition) is 1. The van der Waals surface area contributed by atoms with E-state index in [1.165, 1.54) is 24.8 Å². The van der Waals surface area contributed by atoms with Gasteiger partial charge in [-0.1, -0.05) is 36.8 Å². The Kier molecular flexibility index (Phi) is 4.55. The van der Waals surface area contributed by atoms with Crippen molar-refractivity contribution in [2.24, 2.45) is 5.41 Å². The summed E-state index contributed by atoms with van der Waals surface area (Å²) in [4.78, 5) is 25.7. The summed E-state index contributed by atoms with van der Waals surface area (Å²) in [5.41, 5.74) is 1.56. The Bertz CT molecular complexity index is 569. The molecule has 3 rings (SSSR count). The lowest BCUT2D eigenvalue weighted by Crippen LogP contribution is -2.41. The summed E-state index contributed by atoms with van der Waals surface area (Å²) < 4.78 is 4.80. The van der Waals surface area contributed by atoms with Crippen LogP contribution in [0.25, 0.3) is 0 Å². The summed E-state index contributed by atoms with van der Waals surface area (Å²) in [6.07, 6.45) is 3.08. The van der Waals surface area contributed by atoms with E-state index < -0.39 is 6.09 Å². The van der Waals surface area contributed by atoms with Crippen LogP contribution in [0.1, 0.15) is 37.7 Å². The van der Waals surface area contributed by atoms with Gasteiger partial charge in [0, 0.05) is 19.0 Å². The fourth-order valence-electron chi connectivity index (χ4n) is 3.88. The lowest BCUT2D eigenvalue weighted by atomic mass is 9.61. The highest BCUT2D eigenvalue weighted by molar-refractivity contribution is 5.82. The van der Waals surface area contributed by atoms with E-state index in [0.717, 1.165) is 13.1 Å². The number of carbonyl (C=O) groups is 2. The summed E-state index contributed by atoms with van der Waals surface area (Å²) in [5.74, 6) is 0.381. The third kappa shape index (κ3) is 3.19. The number of rotatable bonds is 4. The van der Waals surface area contributed by atoms with Crippen molar-refractivity contribution in [3.8, 4) is 0 Å². The second-order valence-corrected chi connectivity index (χ2v) is 6.53. The van der Waals surface area contributed by atoms with E-state index in [1.807, 2.05) is 11.0 Å². The molecule has 1 saturated carbocycles. The molecule has 5 nitrogen and oxygen atoms in total. The lowest BCUT2D eigenvalue weighted by Gasteiger charge is -2.43.